The van der Waals surface area contributed by atoms with Gasteiger partial charge in [0.1, 0.15) is 0 Å². The van der Waals surface area contributed by atoms with Crippen LogP contribution in [0.3, 0.4) is 0 Å². The molecule has 4 rings (SSSR count). The molecule has 0 fully saturated rings. The van der Waals surface area contributed by atoms with E-state index >= 15 is 0 Å². The van der Waals surface area contributed by atoms with Gasteiger partial charge in [-0.15, -0.1) is 0 Å². The molecule has 0 aromatic heterocycles. The zero-order valence-corrected chi connectivity index (χ0v) is 13.0. The highest BCUT2D eigenvalue weighted by molar-refractivity contribution is 5.99. The lowest BCUT2D eigenvalue weighted by Crippen LogP contribution is -2.14. The summed E-state index contributed by atoms with van der Waals surface area (Å²) in [6.45, 7) is -0.143. The number of benzene rings is 2. The number of esters is 1. The third-order valence-electron chi connectivity index (χ3n) is 4.36. The molecule has 24 heavy (non-hydrogen) atoms. The van der Waals surface area contributed by atoms with Crippen LogP contribution < -0.4 is 9.47 Å². The van der Waals surface area contributed by atoms with E-state index in [9.17, 15) is 9.59 Å². The molecule has 0 spiro atoms. The lowest BCUT2D eigenvalue weighted by molar-refractivity contribution is 0.0474. The molecular formula is C19H16O5. The number of carbonyl (C=O) groups excluding carboxylic acids is 2. The van der Waals surface area contributed by atoms with Gasteiger partial charge in [0.25, 0.3) is 0 Å². The highest BCUT2D eigenvalue weighted by Gasteiger charge is 2.18. The van der Waals surface area contributed by atoms with E-state index in [-0.39, 0.29) is 19.2 Å². The van der Waals surface area contributed by atoms with Gasteiger partial charge < -0.3 is 14.2 Å². The van der Waals surface area contributed by atoms with Crippen molar-refractivity contribution in [2.24, 2.45) is 0 Å². The van der Waals surface area contributed by atoms with Crippen molar-refractivity contribution in [3.63, 3.8) is 0 Å². The van der Waals surface area contributed by atoms with Crippen molar-refractivity contribution < 1.29 is 23.8 Å². The van der Waals surface area contributed by atoms with E-state index < -0.39 is 5.97 Å². The fourth-order valence-corrected chi connectivity index (χ4v) is 3.07. The standard InChI is InChI=1S/C19H16O5/c20-16(14-6-7-17-18(9-14)24-11-23-17)10-22-19(21)15-5-4-12-2-1-3-13(12)8-15/h4-9H,1-3,10-11H2. The first-order chi connectivity index (χ1) is 11.7. The van der Waals surface area contributed by atoms with Gasteiger partial charge in [-0.3, -0.25) is 4.79 Å². The normalized spacial score (nSPS) is 14.3. The van der Waals surface area contributed by atoms with E-state index in [2.05, 4.69) is 0 Å². The number of aryl methyl sites for hydroxylation is 2. The second-order valence-corrected chi connectivity index (χ2v) is 5.90. The maximum atomic E-state index is 12.2. The molecular weight excluding hydrogens is 308 g/mol. The van der Waals surface area contributed by atoms with Gasteiger partial charge in [-0.2, -0.15) is 0 Å². The summed E-state index contributed by atoms with van der Waals surface area (Å²) in [4.78, 5) is 24.3. The van der Waals surface area contributed by atoms with Crippen LogP contribution in [0.15, 0.2) is 36.4 Å². The first kappa shape index (κ1) is 14.8. The summed E-state index contributed by atoms with van der Waals surface area (Å²) < 4.78 is 15.6. The van der Waals surface area contributed by atoms with Crippen molar-refractivity contribution >= 4 is 11.8 Å². The SMILES string of the molecule is O=C(COC(=O)c1ccc2c(c1)CCC2)c1ccc2c(c1)OCO2. The third kappa shape index (κ3) is 2.73. The Labute approximate surface area is 139 Å². The van der Waals surface area contributed by atoms with Crippen LogP contribution in [0.25, 0.3) is 0 Å². The fraction of sp³-hybridized carbons (Fsp3) is 0.263. The van der Waals surface area contributed by atoms with Gasteiger partial charge in [0, 0.05) is 5.56 Å². The van der Waals surface area contributed by atoms with Gasteiger partial charge in [0.05, 0.1) is 5.56 Å². The summed E-state index contributed by atoms with van der Waals surface area (Å²) in [5.41, 5.74) is 3.42. The van der Waals surface area contributed by atoms with Crippen LogP contribution in [0.2, 0.25) is 0 Å². The van der Waals surface area contributed by atoms with Crippen LogP contribution in [-0.4, -0.2) is 25.2 Å². The number of rotatable bonds is 4. The quantitative estimate of drug-likeness (QED) is 0.639. The number of Topliss-reactive ketones (excluding diaryl/α,β-unsaturated/α-hetero) is 1. The highest BCUT2D eigenvalue weighted by Crippen LogP contribution is 2.32. The molecule has 5 heteroatoms. The van der Waals surface area contributed by atoms with Gasteiger partial charge in [-0.05, 0) is 60.7 Å². The number of hydrogen-bond acceptors (Lipinski definition) is 5. The molecule has 1 aliphatic carbocycles. The largest absolute Gasteiger partial charge is 0.454 e. The summed E-state index contributed by atoms with van der Waals surface area (Å²) in [5, 5.41) is 0. The third-order valence-corrected chi connectivity index (χ3v) is 4.36. The van der Waals surface area contributed by atoms with E-state index in [4.69, 9.17) is 14.2 Å². The summed E-state index contributed by atoms with van der Waals surface area (Å²) >= 11 is 0. The Hall–Kier alpha value is -2.82. The summed E-state index contributed by atoms with van der Waals surface area (Å²) in [7, 11) is 0. The second kappa shape index (κ2) is 6.00. The Bertz CT molecular complexity index is 755. The van der Waals surface area contributed by atoms with Crippen LogP contribution >= 0.6 is 0 Å². The minimum absolute atomic E-state index is 0.153. The molecule has 0 saturated carbocycles. The van der Waals surface area contributed by atoms with Crippen molar-refractivity contribution in [2.45, 2.75) is 19.3 Å². The number of carbonyl (C=O) groups is 2. The Morgan fingerprint density at radius 1 is 0.917 bits per heavy atom. The summed E-state index contributed by atoms with van der Waals surface area (Å²) in [5.74, 6) is 0.397. The first-order valence-corrected chi connectivity index (χ1v) is 7.92. The minimum atomic E-state index is -0.473. The maximum Gasteiger partial charge on any atom is 0.338 e. The Balaban J connectivity index is 1.41. The molecule has 0 saturated heterocycles. The van der Waals surface area contributed by atoms with Crippen molar-refractivity contribution in [3.05, 3.63) is 58.7 Å². The molecule has 0 atom stereocenters. The van der Waals surface area contributed by atoms with Gasteiger partial charge in [0.15, 0.2) is 23.9 Å². The molecule has 0 bridgehead atoms. The Morgan fingerprint density at radius 2 is 1.71 bits per heavy atom. The fourth-order valence-electron chi connectivity index (χ4n) is 3.07. The zero-order chi connectivity index (χ0) is 16.5. The van der Waals surface area contributed by atoms with Crippen molar-refractivity contribution in [1.29, 1.82) is 0 Å². The van der Waals surface area contributed by atoms with Crippen LogP contribution in [0, 0.1) is 0 Å². The van der Waals surface area contributed by atoms with Gasteiger partial charge in [-0.25, -0.2) is 4.79 Å². The predicted octanol–water partition coefficient (Wildman–Crippen LogP) is 2.94. The number of hydrogen-bond donors (Lipinski definition) is 0. The average Bonchev–Trinajstić information content (AvgIpc) is 3.26. The van der Waals surface area contributed by atoms with E-state index in [1.807, 2.05) is 12.1 Å². The van der Waals surface area contributed by atoms with Crippen molar-refractivity contribution in [1.82, 2.24) is 0 Å². The topological polar surface area (TPSA) is 61.8 Å². The number of ether oxygens (including phenoxy) is 3. The molecule has 122 valence electrons. The number of ketones is 1. The lowest BCUT2D eigenvalue weighted by atomic mass is 10.1. The van der Waals surface area contributed by atoms with E-state index in [1.54, 1.807) is 24.3 Å². The molecule has 0 unspecified atom stereocenters. The van der Waals surface area contributed by atoms with Gasteiger partial charge >= 0.3 is 5.97 Å². The molecule has 5 nitrogen and oxygen atoms in total. The van der Waals surface area contributed by atoms with Gasteiger partial charge in [-0.1, -0.05) is 6.07 Å². The smallest absolute Gasteiger partial charge is 0.338 e. The molecule has 0 N–H and O–H groups in total. The second-order valence-electron chi connectivity index (χ2n) is 5.90. The molecule has 2 aliphatic rings. The Morgan fingerprint density at radius 3 is 2.62 bits per heavy atom. The Kier molecular flexibility index (Phi) is 3.69. The van der Waals surface area contributed by atoms with Crippen molar-refractivity contribution in [3.8, 4) is 11.5 Å². The van der Waals surface area contributed by atoms with E-state index in [1.165, 1.54) is 11.1 Å². The summed E-state index contributed by atoms with van der Waals surface area (Å²) in [6.07, 6.45) is 3.18. The molecule has 1 aliphatic heterocycles. The minimum Gasteiger partial charge on any atom is -0.454 e. The van der Waals surface area contributed by atoms with E-state index in [0.717, 1.165) is 19.3 Å². The molecule has 0 amide bonds. The van der Waals surface area contributed by atoms with Gasteiger partial charge in [0.2, 0.25) is 6.79 Å². The monoisotopic (exact) mass is 324 g/mol. The average molecular weight is 324 g/mol. The zero-order valence-electron chi connectivity index (χ0n) is 13.0. The van der Waals surface area contributed by atoms with Crippen molar-refractivity contribution in [2.75, 3.05) is 13.4 Å². The number of fused-ring (bicyclic) bond motifs is 2. The summed E-state index contributed by atoms with van der Waals surface area (Å²) in [6, 6.07) is 10.5. The van der Waals surface area contributed by atoms with Crippen LogP contribution in [-0.2, 0) is 17.6 Å². The molecule has 1 heterocycles. The maximum absolute atomic E-state index is 12.2. The van der Waals surface area contributed by atoms with Crippen LogP contribution in [0.1, 0.15) is 38.3 Å². The predicted molar refractivity (Wildman–Crippen MR) is 85.6 cm³/mol. The van der Waals surface area contributed by atoms with Crippen LogP contribution in [0.4, 0.5) is 0 Å². The van der Waals surface area contributed by atoms with E-state index in [0.29, 0.717) is 22.6 Å². The first-order valence-electron chi connectivity index (χ1n) is 7.92. The van der Waals surface area contributed by atoms with Crippen LogP contribution in [0.5, 0.6) is 11.5 Å². The molecule has 2 aromatic rings. The highest BCUT2D eigenvalue weighted by atomic mass is 16.7. The molecule has 2 aromatic carbocycles. The molecule has 0 radical (unpaired) electrons. The lowest BCUT2D eigenvalue weighted by Gasteiger charge is -2.07.